The molecule has 1 amide bonds. The number of para-hydroxylation sites is 1. The Labute approximate surface area is 159 Å². The minimum Gasteiger partial charge on any atom is -0.370 e. The van der Waals surface area contributed by atoms with E-state index >= 15 is 0 Å². The highest BCUT2D eigenvalue weighted by molar-refractivity contribution is 6.12. The van der Waals surface area contributed by atoms with Crippen molar-refractivity contribution in [3.05, 3.63) is 65.7 Å². The third-order valence-electron chi connectivity index (χ3n) is 4.19. The van der Waals surface area contributed by atoms with Crippen LogP contribution in [0.4, 0.5) is 0 Å². The van der Waals surface area contributed by atoms with Gasteiger partial charge in [-0.25, -0.2) is 4.98 Å². The first-order chi connectivity index (χ1) is 12.8. The number of nitrogens with zero attached hydrogens (tertiary/aromatic N) is 2. The number of amides is 1. The molecule has 0 fully saturated rings. The second-order valence-electron chi connectivity index (χ2n) is 7.78. The minimum atomic E-state index is -0.440. The van der Waals surface area contributed by atoms with E-state index in [-0.39, 0.29) is 11.4 Å². The average molecular weight is 360 g/mol. The lowest BCUT2D eigenvalue weighted by Crippen LogP contribution is -2.25. The standard InChI is InChI=1S/C22H24N4O/c1-22(2,3)13-16-18(20(27)26-21(23)24)15-11-7-8-12-17(15)25-19(16)14-9-5-4-6-10-14/h4-12H,13H2,1-3H3,(H4,23,24,26,27). The Bertz CT molecular complexity index is 1010. The van der Waals surface area contributed by atoms with Crippen LogP contribution in [0, 0.1) is 5.41 Å². The number of nitrogens with two attached hydrogens (primary N) is 2. The zero-order valence-corrected chi connectivity index (χ0v) is 15.9. The van der Waals surface area contributed by atoms with Gasteiger partial charge in [-0.05, 0) is 23.5 Å². The lowest BCUT2D eigenvalue weighted by Gasteiger charge is -2.23. The predicted molar refractivity (Wildman–Crippen MR) is 110 cm³/mol. The number of hydrogen-bond acceptors (Lipinski definition) is 2. The molecule has 0 radical (unpaired) electrons. The van der Waals surface area contributed by atoms with Gasteiger partial charge >= 0.3 is 0 Å². The Hall–Kier alpha value is -3.21. The third kappa shape index (κ3) is 4.14. The molecule has 4 N–H and O–H groups in total. The number of hydrogen-bond donors (Lipinski definition) is 2. The van der Waals surface area contributed by atoms with E-state index in [0.717, 1.165) is 27.7 Å². The average Bonchev–Trinajstić information content (AvgIpc) is 2.59. The number of guanidine groups is 1. The summed E-state index contributed by atoms with van der Waals surface area (Å²) in [6, 6.07) is 17.5. The molecule has 0 saturated heterocycles. The number of benzene rings is 2. The monoisotopic (exact) mass is 360 g/mol. The number of carbonyl (C=O) groups is 1. The second kappa shape index (κ2) is 7.19. The lowest BCUT2D eigenvalue weighted by atomic mass is 9.83. The number of pyridine rings is 1. The summed E-state index contributed by atoms with van der Waals surface area (Å²) in [6.07, 6.45) is 0.663. The van der Waals surface area contributed by atoms with E-state index in [2.05, 4.69) is 25.8 Å². The van der Waals surface area contributed by atoms with E-state index in [1.54, 1.807) is 0 Å². The van der Waals surface area contributed by atoms with Crippen LogP contribution in [0.1, 0.15) is 36.7 Å². The molecule has 0 spiro atoms. The van der Waals surface area contributed by atoms with Crippen molar-refractivity contribution in [3.63, 3.8) is 0 Å². The number of aliphatic imine (C=N–C) groups is 1. The molecule has 0 aliphatic carbocycles. The van der Waals surface area contributed by atoms with Crippen LogP contribution in [0.2, 0.25) is 0 Å². The van der Waals surface area contributed by atoms with Gasteiger partial charge in [-0.15, -0.1) is 0 Å². The summed E-state index contributed by atoms with van der Waals surface area (Å²) in [6.45, 7) is 6.39. The first-order valence-corrected chi connectivity index (χ1v) is 8.87. The van der Waals surface area contributed by atoms with Crippen molar-refractivity contribution < 1.29 is 4.79 Å². The van der Waals surface area contributed by atoms with E-state index in [4.69, 9.17) is 16.5 Å². The van der Waals surface area contributed by atoms with Crippen molar-refractivity contribution in [2.45, 2.75) is 27.2 Å². The van der Waals surface area contributed by atoms with Crippen molar-refractivity contribution >= 4 is 22.8 Å². The fraction of sp³-hybridized carbons (Fsp3) is 0.227. The first-order valence-electron chi connectivity index (χ1n) is 8.87. The largest absolute Gasteiger partial charge is 0.370 e. The van der Waals surface area contributed by atoms with Gasteiger partial charge in [-0.2, -0.15) is 4.99 Å². The van der Waals surface area contributed by atoms with Crippen LogP contribution in [-0.4, -0.2) is 16.9 Å². The number of aromatic nitrogens is 1. The Kier molecular flexibility index (Phi) is 4.95. The fourth-order valence-electron chi connectivity index (χ4n) is 3.21. The smallest absolute Gasteiger partial charge is 0.281 e. The van der Waals surface area contributed by atoms with Crippen molar-refractivity contribution in [2.75, 3.05) is 0 Å². The van der Waals surface area contributed by atoms with Crippen molar-refractivity contribution in [1.29, 1.82) is 0 Å². The van der Waals surface area contributed by atoms with Gasteiger partial charge in [-0.3, -0.25) is 4.79 Å². The molecule has 1 aromatic heterocycles. The molecule has 0 atom stereocenters. The molecule has 0 unspecified atom stereocenters. The van der Waals surface area contributed by atoms with Gasteiger partial charge < -0.3 is 11.5 Å². The van der Waals surface area contributed by atoms with E-state index in [1.165, 1.54) is 0 Å². The lowest BCUT2D eigenvalue weighted by molar-refractivity contribution is 0.100. The van der Waals surface area contributed by atoms with E-state index in [9.17, 15) is 4.79 Å². The van der Waals surface area contributed by atoms with Crippen LogP contribution < -0.4 is 11.5 Å². The van der Waals surface area contributed by atoms with Crippen LogP contribution >= 0.6 is 0 Å². The molecule has 27 heavy (non-hydrogen) atoms. The third-order valence-corrected chi connectivity index (χ3v) is 4.19. The maximum absolute atomic E-state index is 13.0. The summed E-state index contributed by atoms with van der Waals surface area (Å²) in [5.74, 6) is -0.686. The van der Waals surface area contributed by atoms with Gasteiger partial charge in [0.2, 0.25) is 0 Å². The highest BCUT2D eigenvalue weighted by Gasteiger charge is 2.25. The Morgan fingerprint density at radius 2 is 1.63 bits per heavy atom. The Morgan fingerprint density at radius 1 is 1.00 bits per heavy atom. The summed E-state index contributed by atoms with van der Waals surface area (Å²) in [4.78, 5) is 21.7. The van der Waals surface area contributed by atoms with Crippen molar-refractivity contribution in [2.24, 2.45) is 21.9 Å². The summed E-state index contributed by atoms with van der Waals surface area (Å²) >= 11 is 0. The molecule has 0 bridgehead atoms. The van der Waals surface area contributed by atoms with Gasteiger partial charge in [0.05, 0.1) is 16.8 Å². The first kappa shape index (κ1) is 18.6. The van der Waals surface area contributed by atoms with Crippen LogP contribution in [0.3, 0.4) is 0 Å². The number of rotatable bonds is 3. The highest BCUT2D eigenvalue weighted by atomic mass is 16.1. The Balaban J connectivity index is 2.42. The van der Waals surface area contributed by atoms with Gasteiger partial charge in [0.1, 0.15) is 0 Å². The van der Waals surface area contributed by atoms with Gasteiger partial charge in [0, 0.05) is 10.9 Å². The van der Waals surface area contributed by atoms with Crippen molar-refractivity contribution in [3.8, 4) is 11.3 Å². The molecule has 0 aliphatic heterocycles. The molecule has 3 rings (SSSR count). The van der Waals surface area contributed by atoms with Crippen LogP contribution in [0.25, 0.3) is 22.2 Å². The summed E-state index contributed by atoms with van der Waals surface area (Å²) in [7, 11) is 0. The van der Waals surface area contributed by atoms with Crippen LogP contribution in [0.15, 0.2) is 59.6 Å². The fourth-order valence-corrected chi connectivity index (χ4v) is 3.21. The molecule has 5 heteroatoms. The molecule has 138 valence electrons. The van der Waals surface area contributed by atoms with Crippen LogP contribution in [0.5, 0.6) is 0 Å². The molecule has 0 aliphatic rings. The normalized spacial score (nSPS) is 11.4. The maximum Gasteiger partial charge on any atom is 0.281 e. The van der Waals surface area contributed by atoms with Crippen molar-refractivity contribution in [1.82, 2.24) is 4.98 Å². The topological polar surface area (TPSA) is 94.4 Å². The molecule has 0 saturated carbocycles. The van der Waals surface area contributed by atoms with E-state index in [1.807, 2.05) is 54.6 Å². The highest BCUT2D eigenvalue weighted by Crippen LogP contribution is 2.35. The predicted octanol–water partition coefficient (Wildman–Crippen LogP) is 3.90. The summed E-state index contributed by atoms with van der Waals surface area (Å²) in [5, 5.41) is 0.756. The van der Waals surface area contributed by atoms with Gasteiger partial charge in [0.25, 0.3) is 5.91 Å². The van der Waals surface area contributed by atoms with Crippen LogP contribution in [-0.2, 0) is 6.42 Å². The molecular formula is C22H24N4O. The molecule has 5 nitrogen and oxygen atoms in total. The molecular weight excluding hydrogens is 336 g/mol. The molecule has 2 aromatic carbocycles. The number of carbonyl (C=O) groups excluding carboxylic acids is 1. The second-order valence-corrected chi connectivity index (χ2v) is 7.78. The minimum absolute atomic E-state index is 0.0549. The van der Waals surface area contributed by atoms with Gasteiger partial charge in [-0.1, -0.05) is 69.3 Å². The summed E-state index contributed by atoms with van der Waals surface area (Å²) < 4.78 is 0. The Morgan fingerprint density at radius 3 is 2.26 bits per heavy atom. The zero-order chi connectivity index (χ0) is 19.6. The quantitative estimate of drug-likeness (QED) is 0.547. The summed E-state index contributed by atoms with van der Waals surface area (Å²) in [5.41, 5.74) is 14.8. The SMILES string of the molecule is CC(C)(C)Cc1c(-c2ccccc2)nc2ccccc2c1C(=O)N=C(N)N. The van der Waals surface area contributed by atoms with E-state index in [0.29, 0.717) is 12.0 Å². The molecule has 1 heterocycles. The zero-order valence-electron chi connectivity index (χ0n) is 15.9. The maximum atomic E-state index is 13.0. The van der Waals surface area contributed by atoms with Gasteiger partial charge in [0.15, 0.2) is 5.96 Å². The number of fused-ring (bicyclic) bond motifs is 1. The molecule has 3 aromatic rings. The van der Waals surface area contributed by atoms with E-state index < -0.39 is 5.91 Å².